The van der Waals surface area contributed by atoms with Gasteiger partial charge in [-0.25, -0.2) is 0 Å². The Bertz CT molecular complexity index is 279. The molecule has 3 unspecified atom stereocenters. The lowest BCUT2D eigenvalue weighted by Crippen LogP contribution is -2.50. The third-order valence-electron chi connectivity index (χ3n) is 4.21. The first-order valence-electron chi connectivity index (χ1n) is 6.99. The van der Waals surface area contributed by atoms with Gasteiger partial charge in [0.1, 0.15) is 0 Å². The maximum absolute atomic E-state index is 12.1. The first-order valence-corrected chi connectivity index (χ1v) is 6.99. The molecule has 1 saturated heterocycles. The van der Waals surface area contributed by atoms with E-state index in [1.807, 2.05) is 0 Å². The Hall–Kier alpha value is -0.0300. The molecule has 1 aliphatic carbocycles. The van der Waals surface area contributed by atoms with Crippen LogP contribution in [0.1, 0.15) is 39.0 Å². The first kappa shape index (κ1) is 19.0. The van der Waals surface area contributed by atoms with E-state index < -0.39 is 0 Å². The van der Waals surface area contributed by atoms with Crippen LogP contribution in [0, 0.1) is 5.92 Å². The SMILES string of the molecule is CCN1CCCC(NC(=O)C2CCCC2N)C1.Cl.Cl. The fraction of sp³-hybridized carbons (Fsp3) is 0.923. The molecule has 0 spiro atoms. The van der Waals surface area contributed by atoms with Crippen LogP contribution in [0.25, 0.3) is 0 Å². The average molecular weight is 312 g/mol. The molecule has 0 aromatic carbocycles. The second kappa shape index (κ2) is 9.01. The Balaban J connectivity index is 0.00000162. The zero-order chi connectivity index (χ0) is 12.3. The summed E-state index contributed by atoms with van der Waals surface area (Å²) >= 11 is 0. The lowest BCUT2D eigenvalue weighted by molar-refractivity contribution is -0.126. The maximum Gasteiger partial charge on any atom is 0.224 e. The van der Waals surface area contributed by atoms with Crippen molar-refractivity contribution >= 4 is 30.7 Å². The van der Waals surface area contributed by atoms with Crippen LogP contribution >= 0.6 is 24.8 Å². The van der Waals surface area contributed by atoms with Gasteiger partial charge in [0.25, 0.3) is 0 Å². The summed E-state index contributed by atoms with van der Waals surface area (Å²) in [7, 11) is 0. The molecular weight excluding hydrogens is 285 g/mol. The highest BCUT2D eigenvalue weighted by molar-refractivity contribution is 5.85. The molecule has 6 heteroatoms. The molecule has 2 fully saturated rings. The average Bonchev–Trinajstić information content (AvgIpc) is 2.76. The van der Waals surface area contributed by atoms with Gasteiger partial charge in [-0.15, -0.1) is 24.8 Å². The number of likely N-dealkylation sites (N-methyl/N-ethyl adjacent to an activating group) is 1. The number of piperidine rings is 1. The molecule has 2 rings (SSSR count). The molecular formula is C13H27Cl2N3O. The van der Waals surface area contributed by atoms with Gasteiger partial charge in [-0.05, 0) is 38.8 Å². The van der Waals surface area contributed by atoms with E-state index in [4.69, 9.17) is 5.73 Å². The highest BCUT2D eigenvalue weighted by atomic mass is 35.5. The van der Waals surface area contributed by atoms with Crippen molar-refractivity contribution in [3.63, 3.8) is 0 Å². The highest BCUT2D eigenvalue weighted by Gasteiger charge is 2.31. The van der Waals surface area contributed by atoms with Gasteiger partial charge >= 0.3 is 0 Å². The number of carbonyl (C=O) groups is 1. The van der Waals surface area contributed by atoms with Gasteiger partial charge in [0.2, 0.25) is 5.91 Å². The van der Waals surface area contributed by atoms with Crippen molar-refractivity contribution in [1.82, 2.24) is 10.2 Å². The number of likely N-dealkylation sites (tertiary alicyclic amines) is 1. The second-order valence-corrected chi connectivity index (χ2v) is 5.44. The smallest absolute Gasteiger partial charge is 0.224 e. The van der Waals surface area contributed by atoms with Crippen LogP contribution in [0.5, 0.6) is 0 Å². The van der Waals surface area contributed by atoms with Crippen molar-refractivity contribution < 1.29 is 4.79 Å². The summed E-state index contributed by atoms with van der Waals surface area (Å²) in [5.41, 5.74) is 5.97. The third kappa shape index (κ3) is 5.10. The summed E-state index contributed by atoms with van der Waals surface area (Å²) in [6, 6.07) is 0.421. The Morgan fingerprint density at radius 3 is 2.58 bits per heavy atom. The molecule has 3 N–H and O–H groups in total. The predicted octanol–water partition coefficient (Wildman–Crippen LogP) is 1.56. The van der Waals surface area contributed by atoms with E-state index in [1.165, 1.54) is 13.0 Å². The maximum atomic E-state index is 12.1. The van der Waals surface area contributed by atoms with Gasteiger partial charge in [-0.2, -0.15) is 0 Å². The predicted molar refractivity (Wildman–Crippen MR) is 83.1 cm³/mol. The van der Waals surface area contributed by atoms with Crippen molar-refractivity contribution in [1.29, 1.82) is 0 Å². The van der Waals surface area contributed by atoms with Crippen molar-refractivity contribution in [2.24, 2.45) is 11.7 Å². The number of carbonyl (C=O) groups excluding carboxylic acids is 1. The van der Waals surface area contributed by atoms with Gasteiger partial charge in [0.05, 0.1) is 5.92 Å². The number of halogens is 2. The van der Waals surface area contributed by atoms with Crippen molar-refractivity contribution in [2.45, 2.75) is 51.1 Å². The summed E-state index contributed by atoms with van der Waals surface area (Å²) in [6.45, 7) is 5.43. The van der Waals surface area contributed by atoms with Crippen LogP contribution < -0.4 is 11.1 Å². The minimum Gasteiger partial charge on any atom is -0.352 e. The summed E-state index contributed by atoms with van der Waals surface area (Å²) in [5, 5.41) is 3.19. The number of rotatable bonds is 3. The number of amides is 1. The normalized spacial score (nSPS) is 31.2. The van der Waals surface area contributed by atoms with Crippen LogP contribution in [-0.4, -0.2) is 42.5 Å². The van der Waals surface area contributed by atoms with E-state index in [2.05, 4.69) is 17.1 Å². The summed E-state index contributed by atoms with van der Waals surface area (Å²) in [6.07, 6.45) is 5.38. The number of hydrogen-bond donors (Lipinski definition) is 2. The van der Waals surface area contributed by atoms with Crippen LogP contribution in [0.2, 0.25) is 0 Å². The molecule has 0 radical (unpaired) electrons. The quantitative estimate of drug-likeness (QED) is 0.831. The van der Waals surface area contributed by atoms with Crippen molar-refractivity contribution in [3.8, 4) is 0 Å². The molecule has 0 aromatic rings. The molecule has 1 aliphatic heterocycles. The fourth-order valence-corrected chi connectivity index (χ4v) is 3.08. The minimum atomic E-state index is 0. The lowest BCUT2D eigenvalue weighted by Gasteiger charge is -2.33. The van der Waals surface area contributed by atoms with Gasteiger partial charge < -0.3 is 16.0 Å². The van der Waals surface area contributed by atoms with E-state index in [-0.39, 0.29) is 42.7 Å². The molecule has 0 bridgehead atoms. The molecule has 2 aliphatic rings. The molecule has 3 atom stereocenters. The monoisotopic (exact) mass is 311 g/mol. The molecule has 1 heterocycles. The lowest BCUT2D eigenvalue weighted by atomic mass is 10.0. The van der Waals surface area contributed by atoms with Crippen LogP contribution in [0.15, 0.2) is 0 Å². The number of hydrogen-bond acceptors (Lipinski definition) is 3. The highest BCUT2D eigenvalue weighted by Crippen LogP contribution is 2.24. The van der Waals surface area contributed by atoms with Crippen LogP contribution in [-0.2, 0) is 4.79 Å². The van der Waals surface area contributed by atoms with Crippen LogP contribution in [0.4, 0.5) is 0 Å². The largest absolute Gasteiger partial charge is 0.352 e. The standard InChI is InChI=1S/C13H25N3O.2ClH/c1-2-16-8-4-5-10(9-16)15-13(17)11-6-3-7-12(11)14;;/h10-12H,2-9,14H2,1H3,(H,15,17);2*1H. The zero-order valence-corrected chi connectivity index (χ0v) is 13.3. The molecule has 19 heavy (non-hydrogen) atoms. The first-order chi connectivity index (χ1) is 8.20. The third-order valence-corrected chi connectivity index (χ3v) is 4.21. The fourth-order valence-electron chi connectivity index (χ4n) is 3.08. The summed E-state index contributed by atoms with van der Waals surface area (Å²) < 4.78 is 0. The Kier molecular flexibility index (Phi) is 8.99. The van der Waals surface area contributed by atoms with E-state index in [0.29, 0.717) is 6.04 Å². The molecule has 114 valence electrons. The van der Waals surface area contributed by atoms with E-state index in [9.17, 15) is 4.79 Å². The summed E-state index contributed by atoms with van der Waals surface area (Å²) in [5.74, 6) is 0.255. The van der Waals surface area contributed by atoms with Gasteiger partial charge in [0.15, 0.2) is 0 Å². The Morgan fingerprint density at radius 2 is 2.00 bits per heavy atom. The van der Waals surface area contributed by atoms with Gasteiger partial charge in [-0.3, -0.25) is 4.79 Å². The zero-order valence-electron chi connectivity index (χ0n) is 11.6. The number of nitrogens with zero attached hydrogens (tertiary/aromatic N) is 1. The van der Waals surface area contributed by atoms with Crippen LogP contribution in [0.3, 0.4) is 0 Å². The van der Waals surface area contributed by atoms with E-state index in [1.54, 1.807) is 0 Å². The van der Waals surface area contributed by atoms with Crippen molar-refractivity contribution in [3.05, 3.63) is 0 Å². The number of nitrogens with one attached hydrogen (secondary N) is 1. The topological polar surface area (TPSA) is 58.4 Å². The Morgan fingerprint density at radius 1 is 1.26 bits per heavy atom. The number of nitrogens with two attached hydrogens (primary N) is 1. The Labute approximate surface area is 128 Å². The van der Waals surface area contributed by atoms with E-state index >= 15 is 0 Å². The molecule has 1 amide bonds. The second-order valence-electron chi connectivity index (χ2n) is 5.44. The van der Waals surface area contributed by atoms with Gasteiger partial charge in [-0.1, -0.05) is 13.3 Å². The van der Waals surface area contributed by atoms with E-state index in [0.717, 1.165) is 38.8 Å². The summed E-state index contributed by atoms with van der Waals surface area (Å²) in [4.78, 5) is 14.5. The molecule has 4 nitrogen and oxygen atoms in total. The molecule has 0 aromatic heterocycles. The van der Waals surface area contributed by atoms with Crippen molar-refractivity contribution in [2.75, 3.05) is 19.6 Å². The minimum absolute atomic E-state index is 0. The molecule has 1 saturated carbocycles. The van der Waals surface area contributed by atoms with Gasteiger partial charge in [0, 0.05) is 18.6 Å².